The highest BCUT2D eigenvalue weighted by Gasteiger charge is 2.29. The van der Waals surface area contributed by atoms with Crippen LogP contribution in [0.4, 0.5) is 0 Å². The lowest BCUT2D eigenvalue weighted by molar-refractivity contribution is -0.136. The van der Waals surface area contributed by atoms with Crippen LogP contribution in [-0.4, -0.2) is 33.6 Å². The van der Waals surface area contributed by atoms with Crippen molar-refractivity contribution < 1.29 is 14.1 Å². The van der Waals surface area contributed by atoms with Crippen LogP contribution in [0.3, 0.4) is 0 Å². The second-order valence-electron chi connectivity index (χ2n) is 7.34. The second kappa shape index (κ2) is 10.2. The van der Waals surface area contributed by atoms with E-state index < -0.39 is 0 Å². The van der Waals surface area contributed by atoms with Crippen molar-refractivity contribution in [1.82, 2.24) is 15.0 Å². The standard InChI is InChI=1S/C22H20Cl2IN3O3/c23-14-5-10-18(19(24)11-14)22-26-20(31-27-22)12-28(16-3-1-2-4-16)21(29)13-30-17-8-6-15(25)7-9-17/h5-11,16H,1-4,12-13H2. The van der Waals surface area contributed by atoms with Gasteiger partial charge >= 0.3 is 0 Å². The first-order chi connectivity index (χ1) is 15.0. The van der Waals surface area contributed by atoms with Gasteiger partial charge in [0.1, 0.15) is 12.3 Å². The Balaban J connectivity index is 1.47. The third-order valence-electron chi connectivity index (χ3n) is 5.21. The fraction of sp³-hybridized carbons (Fsp3) is 0.318. The number of amides is 1. The van der Waals surface area contributed by atoms with Crippen LogP contribution in [-0.2, 0) is 11.3 Å². The Kier molecular flexibility index (Phi) is 7.35. The summed E-state index contributed by atoms with van der Waals surface area (Å²) in [5.74, 6) is 1.29. The highest BCUT2D eigenvalue weighted by molar-refractivity contribution is 14.1. The molecule has 0 spiro atoms. The molecule has 0 unspecified atom stereocenters. The Bertz CT molecular complexity index is 1050. The number of carbonyl (C=O) groups excluding carboxylic acids is 1. The van der Waals surface area contributed by atoms with Crippen molar-refractivity contribution in [3.63, 3.8) is 0 Å². The average Bonchev–Trinajstić information content (AvgIpc) is 3.44. The topological polar surface area (TPSA) is 68.5 Å². The summed E-state index contributed by atoms with van der Waals surface area (Å²) in [6.45, 7) is 0.193. The molecule has 4 rings (SSSR count). The van der Waals surface area contributed by atoms with E-state index in [1.807, 2.05) is 24.3 Å². The van der Waals surface area contributed by atoms with Crippen LogP contribution in [0, 0.1) is 3.57 Å². The molecule has 31 heavy (non-hydrogen) atoms. The number of nitrogens with zero attached hydrogens (tertiary/aromatic N) is 3. The molecule has 0 bridgehead atoms. The maximum atomic E-state index is 13.0. The smallest absolute Gasteiger partial charge is 0.261 e. The van der Waals surface area contributed by atoms with Crippen molar-refractivity contribution in [3.8, 4) is 17.1 Å². The van der Waals surface area contributed by atoms with Gasteiger partial charge in [-0.15, -0.1) is 0 Å². The number of hydrogen-bond donors (Lipinski definition) is 0. The fourth-order valence-electron chi connectivity index (χ4n) is 3.64. The van der Waals surface area contributed by atoms with Crippen molar-refractivity contribution in [1.29, 1.82) is 0 Å². The Morgan fingerprint density at radius 1 is 1.16 bits per heavy atom. The normalized spacial score (nSPS) is 14.0. The SMILES string of the molecule is O=C(COc1ccc(I)cc1)N(Cc1nc(-c2ccc(Cl)cc2Cl)no1)C1CCCC1. The Morgan fingerprint density at radius 2 is 1.90 bits per heavy atom. The molecule has 0 radical (unpaired) electrons. The van der Waals surface area contributed by atoms with E-state index >= 15 is 0 Å². The number of ether oxygens (including phenoxy) is 1. The summed E-state index contributed by atoms with van der Waals surface area (Å²) < 4.78 is 12.3. The first-order valence-corrected chi connectivity index (χ1v) is 11.8. The molecule has 1 heterocycles. The Hall–Kier alpha value is -1.84. The molecule has 9 heteroatoms. The predicted molar refractivity (Wildman–Crippen MR) is 127 cm³/mol. The van der Waals surface area contributed by atoms with E-state index in [4.69, 9.17) is 32.5 Å². The summed E-state index contributed by atoms with van der Waals surface area (Å²) in [6, 6.07) is 12.8. The van der Waals surface area contributed by atoms with E-state index in [1.54, 1.807) is 23.1 Å². The van der Waals surface area contributed by atoms with Crippen LogP contribution in [0.15, 0.2) is 47.0 Å². The molecule has 1 aliphatic rings. The van der Waals surface area contributed by atoms with Crippen LogP contribution >= 0.6 is 45.8 Å². The lowest BCUT2D eigenvalue weighted by Crippen LogP contribution is -2.41. The Morgan fingerprint density at radius 3 is 2.61 bits per heavy atom. The minimum absolute atomic E-state index is 0.0406. The molecule has 0 aliphatic heterocycles. The van der Waals surface area contributed by atoms with E-state index in [-0.39, 0.29) is 25.1 Å². The molecule has 162 valence electrons. The molecule has 0 N–H and O–H groups in total. The van der Waals surface area contributed by atoms with E-state index in [2.05, 4.69) is 32.7 Å². The van der Waals surface area contributed by atoms with Crippen LogP contribution in [0.25, 0.3) is 11.4 Å². The van der Waals surface area contributed by atoms with Crippen molar-refractivity contribution >= 4 is 51.7 Å². The largest absolute Gasteiger partial charge is 0.484 e. The quantitative estimate of drug-likeness (QED) is 0.325. The van der Waals surface area contributed by atoms with Crippen LogP contribution in [0.2, 0.25) is 10.0 Å². The van der Waals surface area contributed by atoms with Crippen molar-refractivity contribution in [2.75, 3.05) is 6.61 Å². The molecule has 1 saturated carbocycles. The number of halogens is 3. The van der Waals surface area contributed by atoms with Gasteiger partial charge in [0.25, 0.3) is 5.91 Å². The molecule has 2 aromatic carbocycles. The van der Waals surface area contributed by atoms with Gasteiger partial charge in [-0.2, -0.15) is 4.98 Å². The maximum Gasteiger partial charge on any atom is 0.261 e. The molecule has 1 fully saturated rings. The van der Waals surface area contributed by atoms with Gasteiger partial charge < -0.3 is 14.2 Å². The third kappa shape index (κ3) is 5.70. The zero-order chi connectivity index (χ0) is 21.8. The summed E-state index contributed by atoms with van der Waals surface area (Å²) in [7, 11) is 0. The summed E-state index contributed by atoms with van der Waals surface area (Å²) in [6.07, 6.45) is 4.11. The molecule has 1 amide bonds. The predicted octanol–water partition coefficient (Wildman–Crippen LogP) is 6.00. The second-order valence-corrected chi connectivity index (χ2v) is 9.43. The van der Waals surface area contributed by atoms with Crippen molar-refractivity contribution in [3.05, 3.63) is 62.0 Å². The summed E-state index contributed by atoms with van der Waals surface area (Å²) >= 11 is 14.4. The monoisotopic (exact) mass is 571 g/mol. The zero-order valence-electron chi connectivity index (χ0n) is 16.6. The number of rotatable bonds is 7. The van der Waals surface area contributed by atoms with E-state index in [0.29, 0.717) is 33.1 Å². The summed E-state index contributed by atoms with van der Waals surface area (Å²) in [5, 5.41) is 5.00. The fourth-order valence-corrected chi connectivity index (χ4v) is 4.49. The van der Waals surface area contributed by atoms with Crippen LogP contribution in [0.1, 0.15) is 31.6 Å². The van der Waals surface area contributed by atoms with Gasteiger partial charge in [0.15, 0.2) is 6.61 Å². The van der Waals surface area contributed by atoms with Crippen LogP contribution in [0.5, 0.6) is 5.75 Å². The van der Waals surface area contributed by atoms with E-state index in [0.717, 1.165) is 29.3 Å². The van der Waals surface area contributed by atoms with Gasteiger partial charge in [0.05, 0.1) is 5.02 Å². The minimum atomic E-state index is -0.102. The molecule has 6 nitrogen and oxygen atoms in total. The maximum absolute atomic E-state index is 13.0. The van der Waals surface area contributed by atoms with Gasteiger partial charge in [-0.05, 0) is 77.9 Å². The molecule has 1 aromatic heterocycles. The lowest BCUT2D eigenvalue weighted by atomic mass is 10.2. The number of benzene rings is 2. The Labute approximate surface area is 204 Å². The molecule has 0 atom stereocenters. The minimum Gasteiger partial charge on any atom is -0.484 e. The van der Waals surface area contributed by atoms with Gasteiger partial charge in [0.2, 0.25) is 11.7 Å². The first kappa shape index (κ1) is 22.4. The number of hydrogen-bond acceptors (Lipinski definition) is 5. The summed E-state index contributed by atoms with van der Waals surface area (Å²) in [5.41, 5.74) is 0.627. The van der Waals surface area contributed by atoms with E-state index in [9.17, 15) is 4.79 Å². The average molecular weight is 572 g/mol. The van der Waals surface area contributed by atoms with Crippen molar-refractivity contribution in [2.45, 2.75) is 38.3 Å². The van der Waals surface area contributed by atoms with Gasteiger partial charge in [-0.3, -0.25) is 4.79 Å². The molecule has 0 saturated heterocycles. The zero-order valence-corrected chi connectivity index (χ0v) is 20.2. The number of carbonyl (C=O) groups is 1. The molecule has 1 aliphatic carbocycles. The van der Waals surface area contributed by atoms with Gasteiger partial charge in [0, 0.05) is 20.2 Å². The molecular weight excluding hydrogens is 552 g/mol. The van der Waals surface area contributed by atoms with E-state index in [1.165, 1.54) is 0 Å². The van der Waals surface area contributed by atoms with Gasteiger partial charge in [-0.25, -0.2) is 0 Å². The number of aromatic nitrogens is 2. The lowest BCUT2D eigenvalue weighted by Gasteiger charge is -2.27. The van der Waals surface area contributed by atoms with Gasteiger partial charge in [-0.1, -0.05) is 41.2 Å². The highest BCUT2D eigenvalue weighted by Crippen LogP contribution is 2.29. The van der Waals surface area contributed by atoms with Crippen LogP contribution < -0.4 is 4.74 Å². The molecular formula is C22H20Cl2IN3O3. The molecule has 3 aromatic rings. The summed E-state index contributed by atoms with van der Waals surface area (Å²) in [4.78, 5) is 19.3. The highest BCUT2D eigenvalue weighted by atomic mass is 127. The third-order valence-corrected chi connectivity index (χ3v) is 6.47. The first-order valence-electron chi connectivity index (χ1n) is 9.95. The van der Waals surface area contributed by atoms with Crippen molar-refractivity contribution in [2.24, 2.45) is 0 Å².